The number of fused-ring (bicyclic) bond motifs is 2. The molecule has 3 aliphatic rings. The number of hydrogen-bond donors (Lipinski definition) is 0. The molecule has 0 radical (unpaired) electrons. The van der Waals surface area contributed by atoms with Gasteiger partial charge in [-0.25, -0.2) is 9.97 Å². The normalized spacial score (nSPS) is 29.4. The second-order valence-corrected chi connectivity index (χ2v) is 10.9. The fourth-order valence-corrected chi connectivity index (χ4v) is 6.49. The molecule has 3 heterocycles. The summed E-state index contributed by atoms with van der Waals surface area (Å²) in [5.41, 5.74) is 0.586. The fourth-order valence-electron chi connectivity index (χ4n) is 5.52. The van der Waals surface area contributed by atoms with Gasteiger partial charge in [0.25, 0.3) is 0 Å². The smallest absolute Gasteiger partial charge is 0.233 e. The predicted octanol–water partition coefficient (Wildman–Crippen LogP) is 4.25. The molecule has 0 N–H and O–H groups in total. The summed E-state index contributed by atoms with van der Waals surface area (Å²) in [5, 5.41) is 1.06. The first kappa shape index (κ1) is 19.3. The number of thioether (sulfide) groups is 1. The van der Waals surface area contributed by atoms with Crippen LogP contribution in [0.4, 0.5) is 5.82 Å². The van der Waals surface area contributed by atoms with E-state index in [1.807, 2.05) is 6.07 Å². The Morgan fingerprint density at radius 2 is 2.00 bits per heavy atom. The van der Waals surface area contributed by atoms with Crippen molar-refractivity contribution in [2.24, 2.45) is 10.8 Å². The van der Waals surface area contributed by atoms with Crippen molar-refractivity contribution in [3.05, 3.63) is 11.2 Å². The number of rotatable bonds is 4. The number of nitrogens with zero attached hydrogens (tertiary/aromatic N) is 4. The molecule has 4 rings (SSSR count). The molecule has 1 aromatic rings. The SMILES string of the molecule is CC1(C)C[C@H]2C[C@](C)(CN2C(=O)CSc2nc(Cl)cc(N3CCCC3)n2)C1. The van der Waals surface area contributed by atoms with Crippen LogP contribution in [-0.2, 0) is 4.79 Å². The number of halogens is 1. The van der Waals surface area contributed by atoms with E-state index in [0.717, 1.165) is 38.3 Å². The summed E-state index contributed by atoms with van der Waals surface area (Å²) in [6, 6.07) is 2.21. The lowest BCUT2D eigenvalue weighted by molar-refractivity contribution is -0.129. The van der Waals surface area contributed by atoms with Crippen molar-refractivity contribution in [3.63, 3.8) is 0 Å². The monoisotopic (exact) mass is 408 g/mol. The van der Waals surface area contributed by atoms with Gasteiger partial charge in [0.1, 0.15) is 11.0 Å². The standard InChI is InChI=1S/C20H29ClN4OS/c1-19(2)9-14-10-20(3,12-19)13-25(14)17(26)11-27-18-22-15(21)8-16(23-18)24-6-4-5-7-24/h8,14H,4-7,9-13H2,1-3H3/t14-,20-/m0/s1. The molecule has 0 aromatic carbocycles. The predicted molar refractivity (Wildman–Crippen MR) is 110 cm³/mol. The Kier molecular flexibility index (Phi) is 5.08. The van der Waals surface area contributed by atoms with E-state index >= 15 is 0 Å². The van der Waals surface area contributed by atoms with Gasteiger partial charge in [0, 0.05) is 31.7 Å². The molecule has 148 valence electrons. The van der Waals surface area contributed by atoms with Crippen molar-refractivity contribution >= 4 is 35.1 Å². The Morgan fingerprint density at radius 1 is 1.26 bits per heavy atom. The zero-order chi connectivity index (χ0) is 19.2. The van der Waals surface area contributed by atoms with Gasteiger partial charge in [-0.3, -0.25) is 4.79 Å². The summed E-state index contributed by atoms with van der Waals surface area (Å²) in [6.07, 6.45) is 5.82. The number of amides is 1. The van der Waals surface area contributed by atoms with Crippen LogP contribution in [0.5, 0.6) is 0 Å². The minimum absolute atomic E-state index is 0.206. The van der Waals surface area contributed by atoms with Gasteiger partial charge in [0.2, 0.25) is 5.91 Å². The summed E-state index contributed by atoms with van der Waals surface area (Å²) < 4.78 is 0. The van der Waals surface area contributed by atoms with Gasteiger partial charge in [-0.2, -0.15) is 0 Å². The van der Waals surface area contributed by atoms with Crippen molar-refractivity contribution in [3.8, 4) is 0 Å². The molecule has 3 fully saturated rings. The second-order valence-electron chi connectivity index (χ2n) is 9.55. The van der Waals surface area contributed by atoms with Crippen molar-refractivity contribution < 1.29 is 4.79 Å². The first-order valence-corrected chi connectivity index (χ1v) is 11.3. The molecule has 2 bridgehead atoms. The van der Waals surface area contributed by atoms with Gasteiger partial charge in [-0.05, 0) is 42.9 Å². The van der Waals surface area contributed by atoms with E-state index in [1.165, 1.54) is 31.0 Å². The molecule has 5 nitrogen and oxygen atoms in total. The number of carbonyl (C=O) groups is 1. The van der Waals surface area contributed by atoms with E-state index in [1.54, 1.807) is 0 Å². The van der Waals surface area contributed by atoms with Gasteiger partial charge in [0.15, 0.2) is 5.16 Å². The van der Waals surface area contributed by atoms with Crippen molar-refractivity contribution in [2.75, 3.05) is 30.3 Å². The molecular weight excluding hydrogens is 380 g/mol. The summed E-state index contributed by atoms with van der Waals surface area (Å²) in [7, 11) is 0. The van der Waals surface area contributed by atoms with Gasteiger partial charge in [0.05, 0.1) is 5.75 Å². The van der Waals surface area contributed by atoms with Crippen LogP contribution in [0, 0.1) is 10.8 Å². The third-order valence-electron chi connectivity index (χ3n) is 6.15. The maximum Gasteiger partial charge on any atom is 0.233 e. The highest BCUT2D eigenvalue weighted by Crippen LogP contribution is 2.52. The molecular formula is C20H29ClN4OS. The molecule has 1 saturated carbocycles. The van der Waals surface area contributed by atoms with Crippen LogP contribution in [0.3, 0.4) is 0 Å². The molecule has 2 aliphatic heterocycles. The maximum absolute atomic E-state index is 12.9. The molecule has 1 aliphatic carbocycles. The fraction of sp³-hybridized carbons (Fsp3) is 0.750. The summed E-state index contributed by atoms with van der Waals surface area (Å²) in [4.78, 5) is 26.3. The molecule has 2 atom stereocenters. The zero-order valence-corrected chi connectivity index (χ0v) is 18.1. The molecule has 27 heavy (non-hydrogen) atoms. The lowest BCUT2D eigenvalue weighted by atomic mass is 9.65. The Balaban J connectivity index is 1.41. The average Bonchev–Trinajstić information content (AvgIpc) is 3.17. The molecule has 1 amide bonds. The van der Waals surface area contributed by atoms with E-state index < -0.39 is 0 Å². The van der Waals surface area contributed by atoms with Crippen molar-refractivity contribution in [2.45, 2.75) is 64.1 Å². The highest BCUT2D eigenvalue weighted by Gasteiger charge is 2.50. The molecule has 7 heteroatoms. The number of hydrogen-bond acceptors (Lipinski definition) is 5. The van der Waals surface area contributed by atoms with Crippen LogP contribution in [0.1, 0.15) is 52.9 Å². The Bertz CT molecular complexity index is 737. The largest absolute Gasteiger partial charge is 0.356 e. The van der Waals surface area contributed by atoms with Gasteiger partial charge >= 0.3 is 0 Å². The number of likely N-dealkylation sites (tertiary alicyclic amines) is 1. The minimum Gasteiger partial charge on any atom is -0.356 e. The van der Waals surface area contributed by atoms with Crippen LogP contribution in [0.2, 0.25) is 5.15 Å². The van der Waals surface area contributed by atoms with E-state index in [2.05, 4.69) is 40.5 Å². The number of aromatic nitrogens is 2. The molecule has 0 unspecified atom stereocenters. The third kappa shape index (κ3) is 4.21. The molecule has 2 saturated heterocycles. The van der Waals surface area contributed by atoms with Crippen LogP contribution in [0.25, 0.3) is 0 Å². The Hall–Kier alpha value is -1.01. The number of anilines is 1. The van der Waals surface area contributed by atoms with E-state index in [9.17, 15) is 4.79 Å². The average molecular weight is 409 g/mol. The highest BCUT2D eigenvalue weighted by molar-refractivity contribution is 7.99. The van der Waals surface area contributed by atoms with Crippen molar-refractivity contribution in [1.29, 1.82) is 0 Å². The quantitative estimate of drug-likeness (QED) is 0.423. The van der Waals surface area contributed by atoms with Crippen LogP contribution in [0.15, 0.2) is 11.2 Å². The lowest BCUT2D eigenvalue weighted by Crippen LogP contribution is -2.38. The van der Waals surface area contributed by atoms with Crippen LogP contribution in [-0.4, -0.2) is 52.2 Å². The van der Waals surface area contributed by atoms with E-state index in [0.29, 0.717) is 27.5 Å². The summed E-state index contributed by atoms with van der Waals surface area (Å²) >= 11 is 7.62. The third-order valence-corrected chi connectivity index (χ3v) is 7.18. The van der Waals surface area contributed by atoms with Crippen LogP contribution >= 0.6 is 23.4 Å². The number of carbonyl (C=O) groups excluding carboxylic acids is 1. The first-order chi connectivity index (χ1) is 12.7. The van der Waals surface area contributed by atoms with Gasteiger partial charge < -0.3 is 9.80 Å². The highest BCUT2D eigenvalue weighted by atomic mass is 35.5. The molecule has 0 spiro atoms. The Morgan fingerprint density at radius 3 is 2.74 bits per heavy atom. The van der Waals surface area contributed by atoms with Gasteiger partial charge in [-0.15, -0.1) is 0 Å². The topological polar surface area (TPSA) is 49.3 Å². The lowest BCUT2D eigenvalue weighted by Gasteiger charge is -2.39. The summed E-state index contributed by atoms with van der Waals surface area (Å²) in [6.45, 7) is 9.92. The maximum atomic E-state index is 12.9. The second kappa shape index (κ2) is 7.11. The van der Waals surface area contributed by atoms with Crippen molar-refractivity contribution in [1.82, 2.24) is 14.9 Å². The Labute approximate surface area is 171 Å². The van der Waals surface area contributed by atoms with Gasteiger partial charge in [-0.1, -0.05) is 44.1 Å². The van der Waals surface area contributed by atoms with E-state index in [-0.39, 0.29) is 11.3 Å². The van der Waals surface area contributed by atoms with E-state index in [4.69, 9.17) is 11.6 Å². The van der Waals surface area contributed by atoms with Crippen LogP contribution < -0.4 is 4.90 Å². The zero-order valence-electron chi connectivity index (χ0n) is 16.5. The summed E-state index contributed by atoms with van der Waals surface area (Å²) in [5.74, 6) is 1.47. The molecule has 1 aromatic heterocycles. The minimum atomic E-state index is 0.206. The first-order valence-electron chi connectivity index (χ1n) is 9.95.